The van der Waals surface area contributed by atoms with E-state index in [2.05, 4.69) is 42.6 Å². The zero-order valence-electron chi connectivity index (χ0n) is 12.9. The highest BCUT2D eigenvalue weighted by molar-refractivity contribution is 5.57. The second-order valence-corrected chi connectivity index (χ2v) is 5.35. The second-order valence-electron chi connectivity index (χ2n) is 5.35. The van der Waals surface area contributed by atoms with Crippen molar-refractivity contribution in [3.63, 3.8) is 0 Å². The first kappa shape index (κ1) is 15.7. The summed E-state index contributed by atoms with van der Waals surface area (Å²) in [7, 11) is 1.71. The Morgan fingerprint density at radius 3 is 2.32 bits per heavy atom. The van der Waals surface area contributed by atoms with Crippen LogP contribution in [0.4, 0.5) is 11.6 Å². The van der Waals surface area contributed by atoms with Gasteiger partial charge in [-0.3, -0.25) is 0 Å². The normalized spacial score (nSPS) is 11.4. The first-order chi connectivity index (χ1) is 8.88. The lowest BCUT2D eigenvalue weighted by atomic mass is 10.2. The van der Waals surface area contributed by atoms with Gasteiger partial charge in [-0.05, 0) is 20.8 Å². The van der Waals surface area contributed by atoms with Crippen LogP contribution in [0.1, 0.15) is 45.0 Å². The van der Waals surface area contributed by atoms with Gasteiger partial charge in [-0.25, -0.2) is 9.97 Å². The Morgan fingerprint density at radius 1 is 1.21 bits per heavy atom. The Labute approximate surface area is 116 Å². The van der Waals surface area contributed by atoms with Gasteiger partial charge < -0.3 is 15.4 Å². The highest BCUT2D eigenvalue weighted by atomic mass is 16.5. The van der Waals surface area contributed by atoms with Crippen molar-refractivity contribution in [2.45, 2.75) is 46.6 Å². The molecule has 0 aromatic carbocycles. The molecule has 0 aliphatic heterocycles. The molecule has 5 heteroatoms. The number of hydrogen-bond acceptors (Lipinski definition) is 5. The van der Waals surface area contributed by atoms with Gasteiger partial charge in [-0.2, -0.15) is 0 Å². The van der Waals surface area contributed by atoms with E-state index in [-0.39, 0.29) is 5.92 Å². The van der Waals surface area contributed by atoms with Crippen molar-refractivity contribution >= 4 is 11.6 Å². The van der Waals surface area contributed by atoms with Crippen LogP contribution >= 0.6 is 0 Å². The summed E-state index contributed by atoms with van der Waals surface area (Å²) in [6.07, 6.45) is 0. The predicted molar refractivity (Wildman–Crippen MR) is 79.6 cm³/mol. The maximum atomic E-state index is 6.02. The monoisotopic (exact) mass is 266 g/mol. The smallest absolute Gasteiger partial charge is 0.137 e. The van der Waals surface area contributed by atoms with Crippen molar-refractivity contribution < 1.29 is 4.74 Å². The van der Waals surface area contributed by atoms with Crippen molar-refractivity contribution in [2.75, 3.05) is 30.9 Å². The standard InChI is InChI=1S/C14H26N4O/c1-9(2)13-16-12(15)11(5)14(17-13)18(10(3)4)7-8-19-6/h9-10H,7-8H2,1-6H3,(H2,15,16,17). The van der Waals surface area contributed by atoms with E-state index in [9.17, 15) is 0 Å². The third-order valence-corrected chi connectivity index (χ3v) is 3.12. The van der Waals surface area contributed by atoms with Crippen LogP contribution in [-0.4, -0.2) is 36.3 Å². The zero-order valence-corrected chi connectivity index (χ0v) is 12.9. The van der Waals surface area contributed by atoms with Gasteiger partial charge in [0.05, 0.1) is 6.61 Å². The summed E-state index contributed by atoms with van der Waals surface area (Å²) in [6, 6.07) is 0.336. The van der Waals surface area contributed by atoms with Crippen LogP contribution < -0.4 is 10.6 Å². The summed E-state index contributed by atoms with van der Waals surface area (Å²) in [6.45, 7) is 11.9. The minimum atomic E-state index is 0.262. The molecule has 0 fully saturated rings. The van der Waals surface area contributed by atoms with Crippen LogP contribution in [0.3, 0.4) is 0 Å². The Morgan fingerprint density at radius 2 is 1.84 bits per heavy atom. The van der Waals surface area contributed by atoms with Crippen molar-refractivity contribution in [2.24, 2.45) is 0 Å². The van der Waals surface area contributed by atoms with Crippen LogP contribution in [0.5, 0.6) is 0 Å². The molecule has 0 aliphatic rings. The molecule has 19 heavy (non-hydrogen) atoms. The summed E-state index contributed by atoms with van der Waals surface area (Å²) < 4.78 is 5.18. The molecule has 0 amide bonds. The Hall–Kier alpha value is -1.36. The van der Waals surface area contributed by atoms with E-state index in [1.165, 1.54) is 0 Å². The lowest BCUT2D eigenvalue weighted by Crippen LogP contribution is -2.35. The van der Waals surface area contributed by atoms with E-state index in [0.29, 0.717) is 18.5 Å². The molecule has 0 saturated carbocycles. The van der Waals surface area contributed by atoms with Crippen LogP contribution in [-0.2, 0) is 4.74 Å². The minimum Gasteiger partial charge on any atom is -0.383 e. The lowest BCUT2D eigenvalue weighted by molar-refractivity contribution is 0.203. The average Bonchev–Trinajstić information content (AvgIpc) is 2.33. The third-order valence-electron chi connectivity index (χ3n) is 3.12. The highest BCUT2D eigenvalue weighted by Crippen LogP contribution is 2.25. The van der Waals surface area contributed by atoms with E-state index in [4.69, 9.17) is 10.5 Å². The fraction of sp³-hybridized carbons (Fsp3) is 0.714. The van der Waals surface area contributed by atoms with Gasteiger partial charge in [0.25, 0.3) is 0 Å². The number of nitrogens with two attached hydrogens (primary N) is 1. The fourth-order valence-corrected chi connectivity index (χ4v) is 1.88. The molecule has 0 spiro atoms. The molecule has 1 heterocycles. The Kier molecular flexibility index (Phi) is 5.54. The predicted octanol–water partition coefficient (Wildman–Crippen LogP) is 2.35. The number of rotatable bonds is 6. The fourth-order valence-electron chi connectivity index (χ4n) is 1.88. The summed E-state index contributed by atoms with van der Waals surface area (Å²) in [5.74, 6) is 2.54. The number of methoxy groups -OCH3 is 1. The molecule has 0 aliphatic carbocycles. The summed E-state index contributed by atoms with van der Waals surface area (Å²) >= 11 is 0. The maximum Gasteiger partial charge on any atom is 0.137 e. The Bertz CT molecular complexity index is 418. The molecule has 5 nitrogen and oxygen atoms in total. The van der Waals surface area contributed by atoms with Crippen molar-refractivity contribution in [1.82, 2.24) is 9.97 Å². The van der Waals surface area contributed by atoms with E-state index in [0.717, 1.165) is 23.8 Å². The van der Waals surface area contributed by atoms with Crippen LogP contribution in [0.2, 0.25) is 0 Å². The molecule has 0 radical (unpaired) electrons. The zero-order chi connectivity index (χ0) is 14.6. The van der Waals surface area contributed by atoms with Crippen LogP contribution in [0.15, 0.2) is 0 Å². The van der Waals surface area contributed by atoms with E-state index in [1.807, 2.05) is 6.92 Å². The van der Waals surface area contributed by atoms with Crippen molar-refractivity contribution in [3.8, 4) is 0 Å². The number of hydrogen-bond donors (Lipinski definition) is 1. The molecular weight excluding hydrogens is 240 g/mol. The summed E-state index contributed by atoms with van der Waals surface area (Å²) in [5.41, 5.74) is 6.96. The molecule has 0 atom stereocenters. The molecular formula is C14H26N4O. The number of nitrogens with zero attached hydrogens (tertiary/aromatic N) is 3. The van der Waals surface area contributed by atoms with Gasteiger partial charge in [-0.1, -0.05) is 13.8 Å². The summed E-state index contributed by atoms with van der Waals surface area (Å²) in [5, 5.41) is 0. The minimum absolute atomic E-state index is 0.262. The first-order valence-electron chi connectivity index (χ1n) is 6.78. The molecule has 108 valence electrons. The topological polar surface area (TPSA) is 64.3 Å². The molecule has 0 unspecified atom stereocenters. The van der Waals surface area contributed by atoms with Crippen LogP contribution in [0, 0.1) is 6.92 Å². The maximum absolute atomic E-state index is 6.02. The third kappa shape index (κ3) is 3.80. The molecule has 1 aromatic heterocycles. The number of nitrogen functional groups attached to an aromatic ring is 1. The quantitative estimate of drug-likeness (QED) is 0.856. The largest absolute Gasteiger partial charge is 0.383 e. The van der Waals surface area contributed by atoms with Gasteiger partial charge in [0.15, 0.2) is 0 Å². The average molecular weight is 266 g/mol. The lowest BCUT2D eigenvalue weighted by Gasteiger charge is -2.29. The van der Waals surface area contributed by atoms with Gasteiger partial charge >= 0.3 is 0 Å². The summed E-state index contributed by atoms with van der Waals surface area (Å²) in [4.78, 5) is 11.3. The van der Waals surface area contributed by atoms with Gasteiger partial charge in [-0.15, -0.1) is 0 Å². The molecule has 1 rings (SSSR count). The first-order valence-corrected chi connectivity index (χ1v) is 6.78. The van der Waals surface area contributed by atoms with Gasteiger partial charge in [0.1, 0.15) is 17.5 Å². The van der Waals surface area contributed by atoms with Gasteiger partial charge in [0.2, 0.25) is 0 Å². The Balaban J connectivity index is 3.20. The number of anilines is 2. The molecule has 0 saturated heterocycles. The second kappa shape index (κ2) is 6.70. The molecule has 0 bridgehead atoms. The molecule has 2 N–H and O–H groups in total. The molecule has 1 aromatic rings. The van der Waals surface area contributed by atoms with E-state index >= 15 is 0 Å². The van der Waals surface area contributed by atoms with Crippen LogP contribution in [0.25, 0.3) is 0 Å². The van der Waals surface area contributed by atoms with E-state index in [1.54, 1.807) is 7.11 Å². The highest BCUT2D eigenvalue weighted by Gasteiger charge is 2.18. The van der Waals surface area contributed by atoms with Gasteiger partial charge in [0, 0.05) is 31.2 Å². The van der Waals surface area contributed by atoms with E-state index < -0.39 is 0 Å². The van der Waals surface area contributed by atoms with Crippen molar-refractivity contribution in [3.05, 3.63) is 11.4 Å². The SMILES string of the molecule is COCCN(c1nc(C(C)C)nc(N)c1C)C(C)C. The number of aromatic nitrogens is 2. The number of ether oxygens (including phenoxy) is 1. The van der Waals surface area contributed by atoms with Crippen molar-refractivity contribution in [1.29, 1.82) is 0 Å².